The highest BCUT2D eigenvalue weighted by atomic mass is 32.2. The molecule has 1 amide bonds. The Bertz CT molecular complexity index is 814. The number of carbonyl (C=O) groups is 1. The molecule has 0 saturated carbocycles. The van der Waals surface area contributed by atoms with Crippen molar-refractivity contribution in [2.45, 2.75) is 42.2 Å². The molecule has 136 valence electrons. The first kappa shape index (κ1) is 18.8. The van der Waals surface area contributed by atoms with E-state index in [9.17, 15) is 15.2 Å². The molecule has 0 spiro atoms. The van der Waals surface area contributed by atoms with Crippen molar-refractivity contribution in [2.24, 2.45) is 0 Å². The van der Waals surface area contributed by atoms with E-state index in [0.717, 1.165) is 10.5 Å². The number of carboxylic acid groups (broad SMARTS) is 1. The topological polar surface area (TPSA) is 73.6 Å². The second-order valence-corrected chi connectivity index (χ2v) is 8.70. The van der Waals surface area contributed by atoms with Crippen LogP contribution in [0, 0.1) is 11.3 Å². The average Bonchev–Trinajstić information content (AvgIpc) is 3.18. The molecule has 2 heterocycles. The van der Waals surface area contributed by atoms with Gasteiger partial charge in [0.15, 0.2) is 0 Å². The molecule has 1 aromatic heterocycles. The summed E-state index contributed by atoms with van der Waals surface area (Å²) in [6, 6.07) is 14.0. The molecule has 5 nitrogen and oxygen atoms in total. The summed E-state index contributed by atoms with van der Waals surface area (Å²) in [5.41, 5.74) is 0.283. The van der Waals surface area contributed by atoms with Gasteiger partial charge in [0.05, 0.1) is 12.6 Å². The zero-order chi connectivity index (χ0) is 18.7. The molecule has 1 fully saturated rings. The number of nitriles is 1. The summed E-state index contributed by atoms with van der Waals surface area (Å²) < 4.78 is 5.73. The average molecular weight is 389 g/mol. The van der Waals surface area contributed by atoms with Gasteiger partial charge in [0.1, 0.15) is 16.7 Å². The van der Waals surface area contributed by atoms with Gasteiger partial charge in [-0.3, -0.25) is 4.90 Å². The van der Waals surface area contributed by atoms with Crippen LogP contribution in [0.5, 0.6) is 0 Å². The fraction of sp³-hybridized carbons (Fsp3) is 0.368. The molecule has 2 aromatic rings. The predicted octanol–water partition coefficient (Wildman–Crippen LogP) is 4.96. The molecule has 1 N–H and O–H groups in total. The van der Waals surface area contributed by atoms with Crippen molar-refractivity contribution in [3.8, 4) is 6.07 Å². The molecule has 1 aliphatic heterocycles. The minimum absolute atomic E-state index is 0.0299. The Morgan fingerprint density at radius 2 is 2.19 bits per heavy atom. The van der Waals surface area contributed by atoms with Crippen LogP contribution in [0.4, 0.5) is 4.79 Å². The molecule has 0 bridgehead atoms. The van der Waals surface area contributed by atoms with Crippen molar-refractivity contribution in [3.63, 3.8) is 0 Å². The number of thiophene rings is 1. The number of benzene rings is 1. The normalized spacial score (nSPS) is 19.9. The molecule has 0 aliphatic carbocycles. The number of rotatable bonds is 5. The van der Waals surface area contributed by atoms with E-state index < -0.39 is 11.8 Å². The first-order valence-corrected chi connectivity index (χ1v) is 10.0. The van der Waals surface area contributed by atoms with Gasteiger partial charge in [-0.05, 0) is 37.3 Å². The van der Waals surface area contributed by atoms with Crippen LogP contribution in [0.1, 0.15) is 36.0 Å². The lowest BCUT2D eigenvalue weighted by atomic mass is 10.0. The molecule has 3 rings (SSSR count). The second kappa shape index (κ2) is 7.70. The van der Waals surface area contributed by atoms with Gasteiger partial charge in [0.25, 0.3) is 0 Å². The monoisotopic (exact) mass is 388 g/mol. The highest BCUT2D eigenvalue weighted by molar-refractivity contribution is 7.99. The summed E-state index contributed by atoms with van der Waals surface area (Å²) in [7, 11) is 0. The quantitative estimate of drug-likeness (QED) is 0.733. The van der Waals surface area contributed by atoms with Gasteiger partial charge in [0.2, 0.25) is 0 Å². The lowest BCUT2D eigenvalue weighted by molar-refractivity contribution is -0.0421. The smallest absolute Gasteiger partial charge is 0.409 e. The van der Waals surface area contributed by atoms with Gasteiger partial charge >= 0.3 is 6.09 Å². The highest BCUT2D eigenvalue weighted by Crippen LogP contribution is 2.43. The van der Waals surface area contributed by atoms with Crippen LogP contribution in [0.15, 0.2) is 46.7 Å². The third-order valence-corrected chi connectivity index (χ3v) is 6.73. The summed E-state index contributed by atoms with van der Waals surface area (Å²) in [5, 5.41) is 20.9. The molecule has 2 atom stereocenters. The van der Waals surface area contributed by atoms with Crippen LogP contribution in [-0.2, 0) is 4.74 Å². The van der Waals surface area contributed by atoms with Crippen LogP contribution < -0.4 is 0 Å². The molecule has 1 aromatic carbocycles. The Morgan fingerprint density at radius 3 is 2.85 bits per heavy atom. The van der Waals surface area contributed by atoms with E-state index in [1.165, 1.54) is 16.2 Å². The largest absolute Gasteiger partial charge is 0.465 e. The van der Waals surface area contributed by atoms with E-state index in [0.29, 0.717) is 17.9 Å². The Hall–Kier alpha value is -2.01. The summed E-state index contributed by atoms with van der Waals surface area (Å²) in [5.74, 6) is 0. The van der Waals surface area contributed by atoms with Gasteiger partial charge in [-0.15, -0.1) is 23.1 Å². The van der Waals surface area contributed by atoms with Crippen LogP contribution in [-0.4, -0.2) is 34.5 Å². The lowest BCUT2D eigenvalue weighted by Crippen LogP contribution is -2.47. The van der Waals surface area contributed by atoms with Crippen molar-refractivity contribution in [3.05, 3.63) is 52.2 Å². The number of thioether (sulfide) groups is 1. The van der Waals surface area contributed by atoms with E-state index in [4.69, 9.17) is 4.74 Å². The van der Waals surface area contributed by atoms with Crippen LogP contribution in [0.2, 0.25) is 0 Å². The maximum atomic E-state index is 11.8. The van der Waals surface area contributed by atoms with Crippen LogP contribution in [0.25, 0.3) is 0 Å². The minimum atomic E-state index is -0.970. The van der Waals surface area contributed by atoms with Crippen molar-refractivity contribution in [1.82, 2.24) is 4.90 Å². The zero-order valence-corrected chi connectivity index (χ0v) is 16.2. The fourth-order valence-electron chi connectivity index (χ4n) is 3.24. The van der Waals surface area contributed by atoms with E-state index in [2.05, 4.69) is 6.07 Å². The van der Waals surface area contributed by atoms with Gasteiger partial charge in [-0.2, -0.15) is 5.26 Å². The number of ether oxygens (including phenoxy) is 1. The SMILES string of the molecule is CC1(C)OC[C@H](C[C@@H](Sc2ccsc2C#N)c2ccccc2)N1C(=O)O. The van der Waals surface area contributed by atoms with Crippen molar-refractivity contribution in [2.75, 3.05) is 6.61 Å². The van der Waals surface area contributed by atoms with Gasteiger partial charge in [-0.25, -0.2) is 4.79 Å². The molecule has 0 radical (unpaired) electrons. The van der Waals surface area contributed by atoms with Gasteiger partial charge in [-0.1, -0.05) is 30.3 Å². The summed E-state index contributed by atoms with van der Waals surface area (Å²) in [6.45, 7) is 3.93. The molecule has 0 unspecified atom stereocenters. The van der Waals surface area contributed by atoms with Crippen molar-refractivity contribution >= 4 is 29.2 Å². The van der Waals surface area contributed by atoms with Crippen molar-refractivity contribution < 1.29 is 14.6 Å². The Labute approximate surface area is 161 Å². The van der Waals surface area contributed by atoms with E-state index >= 15 is 0 Å². The summed E-state index contributed by atoms with van der Waals surface area (Å²) in [6.07, 6.45) is -0.354. The van der Waals surface area contributed by atoms with E-state index in [-0.39, 0.29) is 11.3 Å². The maximum absolute atomic E-state index is 11.8. The maximum Gasteiger partial charge on any atom is 0.409 e. The third kappa shape index (κ3) is 3.88. The molecular weight excluding hydrogens is 368 g/mol. The second-order valence-electron chi connectivity index (χ2n) is 6.54. The third-order valence-electron chi connectivity index (χ3n) is 4.44. The lowest BCUT2D eigenvalue weighted by Gasteiger charge is -2.32. The zero-order valence-electron chi connectivity index (χ0n) is 14.6. The number of amides is 1. The number of nitrogens with zero attached hydrogens (tertiary/aromatic N) is 2. The van der Waals surface area contributed by atoms with E-state index in [1.807, 2.05) is 41.8 Å². The van der Waals surface area contributed by atoms with E-state index in [1.54, 1.807) is 25.6 Å². The van der Waals surface area contributed by atoms with Gasteiger partial charge < -0.3 is 9.84 Å². The summed E-state index contributed by atoms with van der Waals surface area (Å²) in [4.78, 5) is 14.8. The van der Waals surface area contributed by atoms with Crippen LogP contribution in [0.3, 0.4) is 0 Å². The van der Waals surface area contributed by atoms with Crippen molar-refractivity contribution in [1.29, 1.82) is 5.26 Å². The molecule has 26 heavy (non-hydrogen) atoms. The first-order valence-electron chi connectivity index (χ1n) is 8.28. The van der Waals surface area contributed by atoms with Gasteiger partial charge in [0, 0.05) is 10.1 Å². The standard InChI is InChI=1S/C19H20N2O3S2/c1-19(2)21(18(22)23)14(12-24-19)10-16(13-6-4-3-5-7-13)26-15-8-9-25-17(15)11-20/h3-9,14,16H,10,12H2,1-2H3,(H,22,23)/t14-,16+/m0/s1. The Morgan fingerprint density at radius 1 is 1.46 bits per heavy atom. The first-order chi connectivity index (χ1) is 12.4. The highest BCUT2D eigenvalue weighted by Gasteiger charge is 2.44. The number of hydrogen-bond donors (Lipinski definition) is 1. The molecule has 1 aliphatic rings. The fourth-order valence-corrected chi connectivity index (χ4v) is 5.41. The Kier molecular flexibility index (Phi) is 5.56. The number of hydrogen-bond acceptors (Lipinski definition) is 5. The molecular formula is C19H20N2O3S2. The molecule has 1 saturated heterocycles. The minimum Gasteiger partial charge on any atom is -0.465 e. The van der Waals surface area contributed by atoms with Crippen LogP contribution >= 0.6 is 23.1 Å². The molecule has 7 heteroatoms. The summed E-state index contributed by atoms with van der Waals surface area (Å²) >= 11 is 3.04. The Balaban J connectivity index is 1.87. The predicted molar refractivity (Wildman–Crippen MR) is 102 cm³/mol.